The molecule has 0 aromatic heterocycles. The smallest absolute Gasteiger partial charge is 0.255 e. The number of methoxy groups -OCH3 is 1. The lowest BCUT2D eigenvalue weighted by atomic mass is 10.1. The first kappa shape index (κ1) is 22.0. The molecule has 0 unspecified atom stereocenters. The van der Waals surface area contributed by atoms with Crippen LogP contribution in [-0.4, -0.2) is 69.8 Å². The summed E-state index contributed by atoms with van der Waals surface area (Å²) in [6, 6.07) is 8.01. The molecule has 1 fully saturated rings. The minimum absolute atomic E-state index is 0.121. The number of piperidine rings is 1. The number of primary amides is 1. The van der Waals surface area contributed by atoms with Crippen molar-refractivity contribution in [2.24, 2.45) is 10.7 Å². The van der Waals surface area contributed by atoms with Crippen molar-refractivity contribution >= 4 is 11.9 Å². The van der Waals surface area contributed by atoms with Gasteiger partial charge in [-0.3, -0.25) is 9.79 Å². The van der Waals surface area contributed by atoms with Gasteiger partial charge in [0.25, 0.3) is 5.91 Å². The predicted octanol–water partition coefficient (Wildman–Crippen LogP) is 0.717. The Morgan fingerprint density at radius 1 is 1.36 bits per heavy atom. The van der Waals surface area contributed by atoms with Crippen molar-refractivity contribution in [2.75, 3.05) is 47.0 Å². The topological polar surface area (TPSA) is 101 Å². The highest BCUT2D eigenvalue weighted by molar-refractivity contribution is 5.80. The van der Waals surface area contributed by atoms with Crippen LogP contribution in [0.2, 0.25) is 0 Å². The number of nitrogens with zero attached hydrogens (tertiary/aromatic N) is 2. The highest BCUT2D eigenvalue weighted by Crippen LogP contribution is 2.13. The Morgan fingerprint density at radius 2 is 2.14 bits per heavy atom. The number of aliphatic imine (C=N–C) groups is 1. The van der Waals surface area contributed by atoms with E-state index in [9.17, 15) is 4.79 Å². The van der Waals surface area contributed by atoms with Crippen molar-refractivity contribution in [1.82, 2.24) is 15.5 Å². The fourth-order valence-corrected chi connectivity index (χ4v) is 3.21. The highest BCUT2D eigenvalue weighted by atomic mass is 16.5. The summed E-state index contributed by atoms with van der Waals surface area (Å²) in [5.41, 5.74) is 6.15. The van der Waals surface area contributed by atoms with Gasteiger partial charge in [-0.2, -0.15) is 0 Å². The Kier molecular flexibility index (Phi) is 9.57. The average molecular weight is 392 g/mol. The van der Waals surface area contributed by atoms with Crippen LogP contribution in [0.3, 0.4) is 0 Å². The minimum atomic E-state index is -0.488. The lowest BCUT2D eigenvalue weighted by molar-refractivity contribution is -0.119. The molecule has 1 heterocycles. The van der Waals surface area contributed by atoms with Gasteiger partial charge >= 0.3 is 0 Å². The van der Waals surface area contributed by atoms with Gasteiger partial charge in [-0.15, -0.1) is 0 Å². The molecule has 4 N–H and O–H groups in total. The van der Waals surface area contributed by atoms with E-state index in [2.05, 4.69) is 20.5 Å². The lowest BCUT2D eigenvalue weighted by Crippen LogP contribution is -2.48. The molecule has 0 bridgehead atoms. The van der Waals surface area contributed by atoms with Crippen molar-refractivity contribution in [3.8, 4) is 5.75 Å². The van der Waals surface area contributed by atoms with E-state index in [1.807, 2.05) is 18.2 Å². The number of rotatable bonds is 10. The van der Waals surface area contributed by atoms with Crippen molar-refractivity contribution in [3.05, 3.63) is 29.8 Å². The van der Waals surface area contributed by atoms with Gasteiger partial charge in [-0.25, -0.2) is 0 Å². The monoisotopic (exact) mass is 391 g/mol. The van der Waals surface area contributed by atoms with E-state index >= 15 is 0 Å². The third kappa shape index (κ3) is 8.14. The number of guanidine groups is 1. The number of carbonyl (C=O) groups excluding carboxylic acids is 1. The number of nitrogens with one attached hydrogen (secondary N) is 2. The zero-order chi connectivity index (χ0) is 20.2. The Hall–Kier alpha value is -2.32. The summed E-state index contributed by atoms with van der Waals surface area (Å²) in [6.45, 7) is 4.61. The van der Waals surface area contributed by atoms with Crippen molar-refractivity contribution in [1.29, 1.82) is 0 Å². The molecule has 1 aromatic rings. The molecule has 8 nitrogen and oxygen atoms in total. The zero-order valence-corrected chi connectivity index (χ0v) is 16.9. The molecule has 1 saturated heterocycles. The van der Waals surface area contributed by atoms with Crippen LogP contribution in [0.15, 0.2) is 29.3 Å². The molecule has 1 aliphatic rings. The van der Waals surface area contributed by atoms with Crippen LogP contribution in [0.5, 0.6) is 5.75 Å². The van der Waals surface area contributed by atoms with Gasteiger partial charge in [0.05, 0.1) is 0 Å². The van der Waals surface area contributed by atoms with Crippen molar-refractivity contribution in [3.63, 3.8) is 0 Å². The zero-order valence-electron chi connectivity index (χ0n) is 16.9. The minimum Gasteiger partial charge on any atom is -0.484 e. The standard InChI is InChI=1S/C20H33N5O3/c1-22-20(24-17-7-10-25(11-8-17)9-4-12-27-2)23-14-16-5-3-6-18(13-16)28-15-19(21)26/h3,5-6,13,17H,4,7-12,14-15H2,1-2H3,(H2,21,26)(H2,22,23,24). The molecule has 0 atom stereocenters. The third-order valence-corrected chi connectivity index (χ3v) is 4.71. The molecular formula is C20H33N5O3. The maximum atomic E-state index is 10.8. The largest absolute Gasteiger partial charge is 0.484 e. The summed E-state index contributed by atoms with van der Waals surface area (Å²) in [5.74, 6) is 0.932. The number of nitrogens with two attached hydrogens (primary N) is 1. The van der Waals surface area contributed by atoms with Crippen LogP contribution in [0, 0.1) is 0 Å². The maximum Gasteiger partial charge on any atom is 0.255 e. The Bertz CT molecular complexity index is 630. The van der Waals surface area contributed by atoms with Crippen LogP contribution < -0.4 is 21.1 Å². The SMILES string of the molecule is CN=C(NCc1cccc(OCC(N)=O)c1)NC1CCN(CCCOC)CC1. The van der Waals surface area contributed by atoms with Crippen LogP contribution in [-0.2, 0) is 16.1 Å². The van der Waals surface area contributed by atoms with E-state index in [1.54, 1.807) is 20.2 Å². The first-order valence-electron chi connectivity index (χ1n) is 9.79. The molecule has 28 heavy (non-hydrogen) atoms. The van der Waals surface area contributed by atoms with E-state index in [0.29, 0.717) is 18.3 Å². The number of likely N-dealkylation sites (tertiary alicyclic amines) is 1. The average Bonchev–Trinajstić information content (AvgIpc) is 2.71. The number of benzene rings is 1. The van der Waals surface area contributed by atoms with E-state index in [0.717, 1.165) is 57.0 Å². The van der Waals surface area contributed by atoms with Gasteiger partial charge in [0.15, 0.2) is 12.6 Å². The van der Waals surface area contributed by atoms with Gasteiger partial charge in [0, 0.05) is 53.0 Å². The Balaban J connectivity index is 1.73. The molecule has 0 spiro atoms. The number of hydrogen-bond donors (Lipinski definition) is 3. The van der Waals surface area contributed by atoms with Crippen LogP contribution in [0.1, 0.15) is 24.8 Å². The molecule has 1 aromatic carbocycles. The first-order chi connectivity index (χ1) is 13.6. The molecule has 1 amide bonds. The van der Waals surface area contributed by atoms with Gasteiger partial charge in [-0.05, 0) is 37.0 Å². The second kappa shape index (κ2) is 12.2. The molecule has 0 saturated carbocycles. The third-order valence-electron chi connectivity index (χ3n) is 4.71. The fraction of sp³-hybridized carbons (Fsp3) is 0.600. The second-order valence-electron chi connectivity index (χ2n) is 6.93. The number of hydrogen-bond acceptors (Lipinski definition) is 5. The summed E-state index contributed by atoms with van der Waals surface area (Å²) in [4.78, 5) is 17.7. The summed E-state index contributed by atoms with van der Waals surface area (Å²) < 4.78 is 10.5. The summed E-state index contributed by atoms with van der Waals surface area (Å²) in [6.07, 6.45) is 3.29. The van der Waals surface area contributed by atoms with Gasteiger partial charge in [-0.1, -0.05) is 12.1 Å². The van der Waals surface area contributed by atoms with Gasteiger partial charge < -0.3 is 30.7 Å². The number of ether oxygens (including phenoxy) is 2. The molecule has 156 valence electrons. The predicted molar refractivity (Wildman–Crippen MR) is 110 cm³/mol. The number of amides is 1. The molecule has 8 heteroatoms. The van der Waals surface area contributed by atoms with Crippen LogP contribution >= 0.6 is 0 Å². The van der Waals surface area contributed by atoms with E-state index in [-0.39, 0.29) is 6.61 Å². The Labute approximate surface area is 167 Å². The second-order valence-corrected chi connectivity index (χ2v) is 6.93. The van der Waals surface area contributed by atoms with Gasteiger partial charge in [0.2, 0.25) is 0 Å². The van der Waals surface area contributed by atoms with Gasteiger partial charge in [0.1, 0.15) is 5.75 Å². The quantitative estimate of drug-likeness (QED) is 0.309. The number of carbonyl (C=O) groups is 1. The summed E-state index contributed by atoms with van der Waals surface area (Å²) >= 11 is 0. The van der Waals surface area contributed by atoms with Crippen LogP contribution in [0.4, 0.5) is 0 Å². The van der Waals surface area contributed by atoms with Crippen molar-refractivity contribution < 1.29 is 14.3 Å². The molecule has 0 aliphatic carbocycles. The molecule has 1 aliphatic heterocycles. The van der Waals surface area contributed by atoms with E-state index in [1.165, 1.54) is 0 Å². The maximum absolute atomic E-state index is 10.8. The summed E-state index contributed by atoms with van der Waals surface area (Å²) in [7, 11) is 3.53. The van der Waals surface area contributed by atoms with E-state index in [4.69, 9.17) is 15.2 Å². The first-order valence-corrected chi connectivity index (χ1v) is 9.79. The molecule has 0 radical (unpaired) electrons. The Morgan fingerprint density at radius 3 is 2.82 bits per heavy atom. The highest BCUT2D eigenvalue weighted by Gasteiger charge is 2.19. The summed E-state index contributed by atoms with van der Waals surface area (Å²) in [5, 5.41) is 6.85. The van der Waals surface area contributed by atoms with Crippen LogP contribution in [0.25, 0.3) is 0 Å². The lowest BCUT2D eigenvalue weighted by Gasteiger charge is -2.33. The fourth-order valence-electron chi connectivity index (χ4n) is 3.21. The van der Waals surface area contributed by atoms with E-state index < -0.39 is 5.91 Å². The van der Waals surface area contributed by atoms with Crippen molar-refractivity contribution in [2.45, 2.75) is 31.8 Å². The normalized spacial score (nSPS) is 16.0. The molecular weight excluding hydrogens is 358 g/mol. The molecule has 2 rings (SSSR count).